The van der Waals surface area contributed by atoms with Crippen LogP contribution in [0.25, 0.3) is 0 Å². The van der Waals surface area contributed by atoms with Crippen molar-refractivity contribution in [2.75, 3.05) is 19.7 Å². The topological polar surface area (TPSA) is 106 Å². The maximum absolute atomic E-state index is 13.2. The van der Waals surface area contributed by atoms with E-state index in [4.69, 9.17) is 4.74 Å². The van der Waals surface area contributed by atoms with Crippen LogP contribution in [-0.2, 0) is 22.6 Å². The lowest BCUT2D eigenvalue weighted by atomic mass is 10.2. The van der Waals surface area contributed by atoms with Gasteiger partial charge in [0.05, 0.1) is 6.10 Å². The number of rotatable bonds is 7. The SMILES string of the molecule is CC(NC(=O)c1cc2n(n1)CCCN(Cc1ccc(F)cc1)C2=O)C(=O)NCC1CCCO1. The number of halogens is 1. The average Bonchev–Trinajstić information content (AvgIpc) is 3.45. The van der Waals surface area contributed by atoms with Crippen LogP contribution in [0.3, 0.4) is 0 Å². The van der Waals surface area contributed by atoms with E-state index in [-0.39, 0.29) is 29.4 Å². The Morgan fingerprint density at radius 2 is 2.03 bits per heavy atom. The number of nitrogens with one attached hydrogen (secondary N) is 2. The summed E-state index contributed by atoms with van der Waals surface area (Å²) in [6.45, 7) is 4.08. The monoisotopic (exact) mass is 457 g/mol. The maximum Gasteiger partial charge on any atom is 0.272 e. The van der Waals surface area contributed by atoms with Gasteiger partial charge >= 0.3 is 0 Å². The fourth-order valence-corrected chi connectivity index (χ4v) is 4.02. The van der Waals surface area contributed by atoms with Crippen molar-refractivity contribution in [2.45, 2.75) is 51.4 Å². The molecule has 0 aliphatic carbocycles. The Kier molecular flexibility index (Phi) is 7.02. The third-order valence-corrected chi connectivity index (χ3v) is 5.87. The summed E-state index contributed by atoms with van der Waals surface area (Å²) in [6.07, 6.45) is 2.58. The number of carbonyl (C=O) groups is 3. The molecule has 9 nitrogen and oxygen atoms in total. The van der Waals surface area contributed by atoms with Crippen LogP contribution in [0.5, 0.6) is 0 Å². The van der Waals surface area contributed by atoms with Gasteiger partial charge in [0.15, 0.2) is 5.69 Å². The Morgan fingerprint density at radius 1 is 1.24 bits per heavy atom. The minimum atomic E-state index is -0.758. The van der Waals surface area contributed by atoms with E-state index in [0.717, 1.165) is 18.4 Å². The molecule has 0 radical (unpaired) electrons. The van der Waals surface area contributed by atoms with Crippen molar-refractivity contribution in [3.8, 4) is 0 Å². The fourth-order valence-electron chi connectivity index (χ4n) is 4.02. The van der Waals surface area contributed by atoms with Gasteiger partial charge in [-0.15, -0.1) is 0 Å². The molecule has 2 atom stereocenters. The van der Waals surface area contributed by atoms with Gasteiger partial charge in [0.25, 0.3) is 11.8 Å². The molecule has 0 spiro atoms. The Balaban J connectivity index is 1.37. The standard InChI is InChI=1S/C23H28FN5O4/c1-15(21(30)25-13-18-4-2-11-33-18)26-22(31)19-12-20-23(32)28(9-3-10-29(20)27-19)14-16-5-7-17(24)8-6-16/h5-8,12,15,18H,2-4,9-11,13-14H2,1H3,(H,25,30)(H,26,31). The number of aryl methyl sites for hydroxylation is 1. The lowest BCUT2D eigenvalue weighted by Gasteiger charge is -2.20. The second-order valence-corrected chi connectivity index (χ2v) is 8.42. The van der Waals surface area contributed by atoms with Crippen LogP contribution in [0, 0.1) is 5.82 Å². The third kappa shape index (κ3) is 5.57. The molecule has 1 saturated heterocycles. The first-order valence-electron chi connectivity index (χ1n) is 11.2. The summed E-state index contributed by atoms with van der Waals surface area (Å²) >= 11 is 0. The van der Waals surface area contributed by atoms with Gasteiger partial charge in [0.1, 0.15) is 17.6 Å². The number of carbonyl (C=O) groups excluding carboxylic acids is 3. The molecule has 3 amide bonds. The summed E-state index contributed by atoms with van der Waals surface area (Å²) in [5.74, 6) is -1.40. The Morgan fingerprint density at radius 3 is 2.76 bits per heavy atom. The minimum absolute atomic E-state index is 0.0181. The van der Waals surface area contributed by atoms with Gasteiger partial charge in [0, 0.05) is 38.9 Å². The molecule has 10 heteroatoms. The second-order valence-electron chi connectivity index (χ2n) is 8.42. The first-order chi connectivity index (χ1) is 15.9. The number of aromatic nitrogens is 2. The van der Waals surface area contributed by atoms with Crippen molar-refractivity contribution in [3.63, 3.8) is 0 Å². The highest BCUT2D eigenvalue weighted by Gasteiger charge is 2.27. The predicted molar refractivity (Wildman–Crippen MR) is 117 cm³/mol. The number of nitrogens with zero attached hydrogens (tertiary/aromatic N) is 3. The Labute approximate surface area is 191 Å². The molecule has 2 aliphatic rings. The van der Waals surface area contributed by atoms with E-state index in [1.54, 1.807) is 24.0 Å². The zero-order valence-electron chi connectivity index (χ0n) is 18.6. The molecule has 0 bridgehead atoms. The van der Waals surface area contributed by atoms with Crippen molar-refractivity contribution < 1.29 is 23.5 Å². The lowest BCUT2D eigenvalue weighted by Crippen LogP contribution is -2.46. The first kappa shape index (κ1) is 22.9. The van der Waals surface area contributed by atoms with E-state index in [1.807, 2.05) is 0 Å². The summed E-state index contributed by atoms with van der Waals surface area (Å²) in [5, 5.41) is 9.72. The van der Waals surface area contributed by atoms with Crippen LogP contribution in [0.1, 0.15) is 52.7 Å². The van der Waals surface area contributed by atoms with Crippen LogP contribution < -0.4 is 10.6 Å². The summed E-state index contributed by atoms with van der Waals surface area (Å²) < 4.78 is 20.2. The number of fused-ring (bicyclic) bond motifs is 1. The number of hydrogen-bond acceptors (Lipinski definition) is 5. The van der Waals surface area contributed by atoms with Crippen molar-refractivity contribution in [3.05, 3.63) is 53.1 Å². The maximum atomic E-state index is 13.2. The second kappa shape index (κ2) is 10.1. The highest BCUT2D eigenvalue weighted by molar-refractivity contribution is 5.99. The van der Waals surface area contributed by atoms with Crippen LogP contribution in [0.15, 0.2) is 30.3 Å². The largest absolute Gasteiger partial charge is 0.376 e. The molecular weight excluding hydrogens is 429 g/mol. The van der Waals surface area contributed by atoms with Crippen LogP contribution in [-0.4, -0.2) is 64.2 Å². The number of hydrogen-bond donors (Lipinski definition) is 2. The van der Waals surface area contributed by atoms with Crippen molar-refractivity contribution >= 4 is 17.7 Å². The molecule has 2 aliphatic heterocycles. The molecule has 1 aromatic carbocycles. The minimum Gasteiger partial charge on any atom is -0.376 e. The van der Waals surface area contributed by atoms with Crippen LogP contribution in [0.2, 0.25) is 0 Å². The zero-order chi connectivity index (χ0) is 23.4. The number of amides is 3. The van der Waals surface area contributed by atoms with Gasteiger partial charge in [-0.2, -0.15) is 5.10 Å². The molecule has 0 saturated carbocycles. The van der Waals surface area contributed by atoms with Crippen LogP contribution >= 0.6 is 0 Å². The van der Waals surface area contributed by atoms with Gasteiger partial charge in [-0.05, 0) is 43.9 Å². The van der Waals surface area contributed by atoms with Gasteiger partial charge in [-0.3, -0.25) is 19.1 Å². The first-order valence-corrected chi connectivity index (χ1v) is 11.2. The number of ether oxygens (including phenoxy) is 1. The molecule has 1 aromatic heterocycles. The average molecular weight is 458 g/mol. The highest BCUT2D eigenvalue weighted by Crippen LogP contribution is 2.17. The molecule has 176 valence electrons. The van der Waals surface area contributed by atoms with Gasteiger partial charge < -0.3 is 20.3 Å². The van der Waals surface area contributed by atoms with Crippen molar-refractivity contribution in [1.29, 1.82) is 0 Å². The zero-order valence-corrected chi connectivity index (χ0v) is 18.6. The molecule has 1 fully saturated rings. The van der Waals surface area contributed by atoms with Crippen molar-refractivity contribution in [2.24, 2.45) is 0 Å². The molecular formula is C23H28FN5O4. The lowest BCUT2D eigenvalue weighted by molar-refractivity contribution is -0.123. The normalized spacial score (nSPS) is 19.0. The molecule has 3 heterocycles. The summed E-state index contributed by atoms with van der Waals surface area (Å²) in [6, 6.07) is 6.72. The summed E-state index contributed by atoms with van der Waals surface area (Å²) in [5.41, 5.74) is 1.22. The Hall–Kier alpha value is -3.27. The quantitative estimate of drug-likeness (QED) is 0.655. The fraction of sp³-hybridized carbons (Fsp3) is 0.478. The van der Waals surface area contributed by atoms with E-state index in [1.165, 1.54) is 22.9 Å². The van der Waals surface area contributed by atoms with Gasteiger partial charge in [-0.25, -0.2) is 4.39 Å². The molecule has 33 heavy (non-hydrogen) atoms. The summed E-state index contributed by atoms with van der Waals surface area (Å²) in [7, 11) is 0. The van der Waals surface area contributed by atoms with Gasteiger partial charge in [0.2, 0.25) is 5.91 Å². The third-order valence-electron chi connectivity index (χ3n) is 5.87. The van der Waals surface area contributed by atoms with E-state index in [0.29, 0.717) is 44.9 Å². The van der Waals surface area contributed by atoms with E-state index in [2.05, 4.69) is 15.7 Å². The van der Waals surface area contributed by atoms with E-state index in [9.17, 15) is 18.8 Å². The van der Waals surface area contributed by atoms with Crippen molar-refractivity contribution in [1.82, 2.24) is 25.3 Å². The van der Waals surface area contributed by atoms with Gasteiger partial charge in [-0.1, -0.05) is 12.1 Å². The summed E-state index contributed by atoms with van der Waals surface area (Å²) in [4.78, 5) is 39.7. The molecule has 2 unspecified atom stereocenters. The van der Waals surface area contributed by atoms with E-state index >= 15 is 0 Å². The Bertz CT molecular complexity index is 1020. The molecule has 2 N–H and O–H groups in total. The highest BCUT2D eigenvalue weighted by atomic mass is 19.1. The number of benzene rings is 1. The molecule has 4 rings (SSSR count). The molecule has 2 aromatic rings. The van der Waals surface area contributed by atoms with E-state index < -0.39 is 11.9 Å². The van der Waals surface area contributed by atoms with Crippen LogP contribution in [0.4, 0.5) is 4.39 Å². The predicted octanol–water partition coefficient (Wildman–Crippen LogP) is 1.48. The smallest absolute Gasteiger partial charge is 0.272 e.